The third kappa shape index (κ3) is 1.57. The van der Waals surface area contributed by atoms with Crippen LogP contribution < -0.4 is 0 Å². The second-order valence-corrected chi connectivity index (χ2v) is 4.53. The molecular formula is C9H4BrFIN. The maximum absolute atomic E-state index is 13.1. The Morgan fingerprint density at radius 1 is 1.23 bits per heavy atom. The summed E-state index contributed by atoms with van der Waals surface area (Å²) in [6.07, 6.45) is 3.41. The van der Waals surface area contributed by atoms with Gasteiger partial charge in [0, 0.05) is 21.4 Å². The first-order valence-electron chi connectivity index (χ1n) is 3.57. The fraction of sp³-hybridized carbons (Fsp3) is 0. The van der Waals surface area contributed by atoms with Crippen molar-refractivity contribution in [1.82, 2.24) is 4.98 Å². The first-order chi connectivity index (χ1) is 6.20. The van der Waals surface area contributed by atoms with Crippen molar-refractivity contribution < 1.29 is 4.39 Å². The van der Waals surface area contributed by atoms with Crippen molar-refractivity contribution >= 4 is 49.3 Å². The Kier molecular flexibility index (Phi) is 2.51. The molecule has 1 nitrogen and oxygen atoms in total. The first kappa shape index (κ1) is 9.33. The van der Waals surface area contributed by atoms with Crippen LogP contribution >= 0.6 is 38.5 Å². The van der Waals surface area contributed by atoms with E-state index in [9.17, 15) is 4.39 Å². The molecule has 2 aromatic rings. The van der Waals surface area contributed by atoms with Crippen LogP contribution in [0.4, 0.5) is 4.39 Å². The maximum Gasteiger partial charge on any atom is 0.138 e. The van der Waals surface area contributed by atoms with Crippen LogP contribution in [-0.2, 0) is 0 Å². The van der Waals surface area contributed by atoms with E-state index in [1.54, 1.807) is 18.5 Å². The van der Waals surface area contributed by atoms with Gasteiger partial charge in [0.2, 0.25) is 0 Å². The average Bonchev–Trinajstić information content (AvgIpc) is 2.12. The van der Waals surface area contributed by atoms with Crippen LogP contribution in [0.5, 0.6) is 0 Å². The second-order valence-electron chi connectivity index (χ2n) is 2.58. The normalized spacial score (nSPS) is 10.7. The lowest BCUT2D eigenvalue weighted by Crippen LogP contribution is -1.85. The third-order valence-corrected chi connectivity index (χ3v) is 3.45. The molecule has 0 saturated carbocycles. The highest BCUT2D eigenvalue weighted by Crippen LogP contribution is 2.28. The van der Waals surface area contributed by atoms with Crippen molar-refractivity contribution in [1.29, 1.82) is 0 Å². The van der Waals surface area contributed by atoms with Crippen LogP contribution in [0.1, 0.15) is 0 Å². The van der Waals surface area contributed by atoms with Crippen molar-refractivity contribution in [3.05, 3.63) is 38.4 Å². The van der Waals surface area contributed by atoms with Gasteiger partial charge in [-0.3, -0.25) is 4.98 Å². The van der Waals surface area contributed by atoms with Gasteiger partial charge in [0.1, 0.15) is 5.82 Å². The Morgan fingerprint density at radius 2 is 2.00 bits per heavy atom. The predicted molar refractivity (Wildman–Crippen MR) is 62.1 cm³/mol. The third-order valence-electron chi connectivity index (χ3n) is 1.78. The summed E-state index contributed by atoms with van der Waals surface area (Å²) in [6, 6.07) is 3.22. The van der Waals surface area contributed by atoms with Crippen LogP contribution in [-0.4, -0.2) is 4.98 Å². The summed E-state index contributed by atoms with van der Waals surface area (Å²) < 4.78 is 14.6. The van der Waals surface area contributed by atoms with Crippen molar-refractivity contribution in [2.75, 3.05) is 0 Å². The van der Waals surface area contributed by atoms with Crippen molar-refractivity contribution in [2.45, 2.75) is 0 Å². The van der Waals surface area contributed by atoms with Crippen molar-refractivity contribution in [2.24, 2.45) is 0 Å². The topological polar surface area (TPSA) is 12.9 Å². The summed E-state index contributed by atoms with van der Waals surface area (Å²) in [5.41, 5.74) is 0. The molecule has 13 heavy (non-hydrogen) atoms. The van der Waals surface area contributed by atoms with E-state index in [0.717, 1.165) is 14.3 Å². The Bertz CT molecular complexity index is 472. The summed E-state index contributed by atoms with van der Waals surface area (Å²) >= 11 is 5.38. The fourth-order valence-corrected chi connectivity index (χ4v) is 2.23. The standard InChI is InChI=1S/C9H4BrFIN/c10-9-6-3-13-4-8(12)5(6)1-2-7(9)11/h1-4H. The number of benzene rings is 1. The lowest BCUT2D eigenvalue weighted by atomic mass is 10.2. The summed E-state index contributed by atoms with van der Waals surface area (Å²) in [7, 11) is 0. The highest BCUT2D eigenvalue weighted by molar-refractivity contribution is 14.1. The quantitative estimate of drug-likeness (QED) is 0.659. The molecule has 66 valence electrons. The summed E-state index contributed by atoms with van der Waals surface area (Å²) in [5.74, 6) is -0.253. The van der Waals surface area contributed by atoms with Crippen LogP contribution in [0, 0.1) is 9.39 Å². The molecule has 1 aromatic carbocycles. The molecule has 0 N–H and O–H groups in total. The number of hydrogen-bond acceptors (Lipinski definition) is 1. The summed E-state index contributed by atoms with van der Waals surface area (Å²) in [4.78, 5) is 4.01. The van der Waals surface area contributed by atoms with Gasteiger partial charge in [-0.05, 0) is 50.0 Å². The Labute approximate surface area is 96.6 Å². The van der Waals surface area contributed by atoms with E-state index in [0.29, 0.717) is 4.47 Å². The minimum Gasteiger partial charge on any atom is -0.263 e. The molecule has 1 heterocycles. The number of fused-ring (bicyclic) bond motifs is 1. The van der Waals surface area contributed by atoms with Gasteiger partial charge in [0.05, 0.1) is 4.47 Å². The van der Waals surface area contributed by atoms with E-state index in [-0.39, 0.29) is 5.82 Å². The monoisotopic (exact) mass is 351 g/mol. The van der Waals surface area contributed by atoms with Gasteiger partial charge in [0.25, 0.3) is 0 Å². The maximum atomic E-state index is 13.1. The largest absolute Gasteiger partial charge is 0.263 e. The molecule has 0 aliphatic heterocycles. The molecule has 1 aromatic heterocycles. The van der Waals surface area contributed by atoms with Crippen LogP contribution in [0.25, 0.3) is 10.8 Å². The number of hydrogen-bond donors (Lipinski definition) is 0. The average molecular weight is 352 g/mol. The van der Waals surface area contributed by atoms with Gasteiger partial charge in [-0.2, -0.15) is 0 Å². The van der Waals surface area contributed by atoms with Crippen molar-refractivity contribution in [3.8, 4) is 0 Å². The minimum absolute atomic E-state index is 0.253. The van der Waals surface area contributed by atoms with Gasteiger partial charge in [-0.1, -0.05) is 6.07 Å². The molecule has 0 bridgehead atoms. The van der Waals surface area contributed by atoms with Gasteiger partial charge >= 0.3 is 0 Å². The van der Waals surface area contributed by atoms with Gasteiger partial charge < -0.3 is 0 Å². The van der Waals surface area contributed by atoms with Gasteiger partial charge in [-0.25, -0.2) is 4.39 Å². The number of aromatic nitrogens is 1. The van der Waals surface area contributed by atoms with Crippen LogP contribution in [0.15, 0.2) is 29.0 Å². The Balaban J connectivity index is 2.94. The second kappa shape index (κ2) is 3.49. The smallest absolute Gasteiger partial charge is 0.138 e. The number of rotatable bonds is 0. The highest BCUT2D eigenvalue weighted by Gasteiger charge is 2.06. The van der Waals surface area contributed by atoms with Gasteiger partial charge in [0.15, 0.2) is 0 Å². The molecule has 0 aliphatic carbocycles. The molecular weight excluding hydrogens is 348 g/mol. The lowest BCUT2D eigenvalue weighted by Gasteiger charge is -2.02. The van der Waals surface area contributed by atoms with E-state index < -0.39 is 0 Å². The molecule has 0 spiro atoms. The van der Waals surface area contributed by atoms with E-state index in [1.165, 1.54) is 6.07 Å². The van der Waals surface area contributed by atoms with Crippen molar-refractivity contribution in [3.63, 3.8) is 0 Å². The summed E-state index contributed by atoms with van der Waals surface area (Å²) in [5, 5.41) is 1.83. The molecule has 2 rings (SSSR count). The zero-order chi connectivity index (χ0) is 9.42. The van der Waals surface area contributed by atoms with Crippen LogP contribution in [0.2, 0.25) is 0 Å². The Hall–Kier alpha value is -0.230. The Morgan fingerprint density at radius 3 is 2.77 bits per heavy atom. The predicted octanol–water partition coefficient (Wildman–Crippen LogP) is 3.74. The number of pyridine rings is 1. The molecule has 0 fully saturated rings. The highest BCUT2D eigenvalue weighted by atomic mass is 127. The zero-order valence-corrected chi connectivity index (χ0v) is 10.1. The van der Waals surface area contributed by atoms with Crippen LogP contribution in [0.3, 0.4) is 0 Å². The lowest BCUT2D eigenvalue weighted by molar-refractivity contribution is 0.623. The molecule has 0 aliphatic rings. The molecule has 0 saturated heterocycles. The number of nitrogens with zero attached hydrogens (tertiary/aromatic N) is 1. The molecule has 0 atom stereocenters. The van der Waals surface area contributed by atoms with Gasteiger partial charge in [-0.15, -0.1) is 0 Å². The van der Waals surface area contributed by atoms with E-state index in [1.807, 2.05) is 0 Å². The fourth-order valence-electron chi connectivity index (χ4n) is 1.15. The minimum atomic E-state index is -0.253. The molecule has 4 heteroatoms. The molecule has 0 unspecified atom stereocenters. The van der Waals surface area contributed by atoms with E-state index in [2.05, 4.69) is 43.5 Å². The summed E-state index contributed by atoms with van der Waals surface area (Å²) in [6.45, 7) is 0. The zero-order valence-electron chi connectivity index (χ0n) is 6.39. The molecule has 0 radical (unpaired) electrons. The first-order valence-corrected chi connectivity index (χ1v) is 5.44. The van der Waals surface area contributed by atoms with E-state index >= 15 is 0 Å². The van der Waals surface area contributed by atoms with E-state index in [4.69, 9.17) is 0 Å². The number of halogens is 3. The molecule has 0 amide bonds. The SMILES string of the molecule is Fc1ccc2c(I)cncc2c1Br.